The molecule has 2 aromatic carbocycles. The van der Waals surface area contributed by atoms with Crippen LogP contribution < -0.4 is 0 Å². The van der Waals surface area contributed by atoms with Crippen molar-refractivity contribution in [1.82, 2.24) is 4.98 Å². The zero-order valence-electron chi connectivity index (χ0n) is 15.2. The standard InChI is InChI=1S/C21H17NO4S3/c23-28(24,15-13-16-12-14-22-19-9-5-4-8-18(16)19)20-10-11-21(27-20)29(25,26)17-6-2-1-3-7-17/h1-12,14H,13,15H2. The van der Waals surface area contributed by atoms with Crippen molar-refractivity contribution >= 4 is 41.9 Å². The molecule has 8 heteroatoms. The first-order chi connectivity index (χ1) is 13.9. The van der Waals surface area contributed by atoms with Crippen LogP contribution in [0.3, 0.4) is 0 Å². The van der Waals surface area contributed by atoms with E-state index < -0.39 is 19.7 Å². The van der Waals surface area contributed by atoms with Gasteiger partial charge in [-0.15, -0.1) is 11.3 Å². The van der Waals surface area contributed by atoms with Crippen LogP contribution in [0, 0.1) is 0 Å². The molecule has 4 aromatic rings. The fourth-order valence-corrected chi connectivity index (χ4v) is 7.66. The van der Waals surface area contributed by atoms with Crippen LogP contribution >= 0.6 is 11.3 Å². The van der Waals surface area contributed by atoms with E-state index in [0.29, 0.717) is 6.42 Å². The second-order valence-corrected chi connectivity index (χ2v) is 12.0. The van der Waals surface area contributed by atoms with Crippen LogP contribution in [0.2, 0.25) is 0 Å². The van der Waals surface area contributed by atoms with Crippen LogP contribution in [0.1, 0.15) is 5.56 Å². The SMILES string of the molecule is O=S(=O)(CCc1ccnc2ccccc12)c1ccc(S(=O)(=O)c2ccccc2)s1. The second kappa shape index (κ2) is 7.70. The van der Waals surface area contributed by atoms with Crippen LogP contribution in [0.15, 0.2) is 92.3 Å². The molecule has 0 bridgehead atoms. The highest BCUT2D eigenvalue weighted by Gasteiger charge is 2.24. The molecule has 0 unspecified atom stereocenters. The van der Waals surface area contributed by atoms with Crippen molar-refractivity contribution in [2.75, 3.05) is 5.75 Å². The maximum Gasteiger partial charge on any atom is 0.215 e. The summed E-state index contributed by atoms with van der Waals surface area (Å²) in [4.78, 5) is 4.44. The first kappa shape index (κ1) is 19.8. The van der Waals surface area contributed by atoms with Crippen LogP contribution in [-0.4, -0.2) is 27.6 Å². The predicted molar refractivity (Wildman–Crippen MR) is 114 cm³/mol. The molecule has 29 heavy (non-hydrogen) atoms. The lowest BCUT2D eigenvalue weighted by Crippen LogP contribution is -2.08. The molecule has 5 nitrogen and oxygen atoms in total. The van der Waals surface area contributed by atoms with E-state index in [2.05, 4.69) is 4.98 Å². The summed E-state index contributed by atoms with van der Waals surface area (Å²) in [6, 6.07) is 20.1. The fraction of sp³-hybridized carbons (Fsp3) is 0.0952. The third-order valence-corrected chi connectivity index (χ3v) is 10.2. The summed E-state index contributed by atoms with van der Waals surface area (Å²) in [6.45, 7) is 0. The zero-order valence-corrected chi connectivity index (χ0v) is 17.7. The van der Waals surface area contributed by atoms with E-state index in [1.165, 1.54) is 24.3 Å². The Morgan fingerprint density at radius 2 is 1.45 bits per heavy atom. The third-order valence-electron chi connectivity index (χ3n) is 4.56. The number of thiophene rings is 1. The monoisotopic (exact) mass is 443 g/mol. The number of rotatable bonds is 6. The average Bonchev–Trinajstić information content (AvgIpc) is 3.25. The third kappa shape index (κ3) is 3.96. The minimum absolute atomic E-state index is 0.0247. The summed E-state index contributed by atoms with van der Waals surface area (Å²) < 4.78 is 51.1. The maximum atomic E-state index is 12.8. The molecule has 0 saturated carbocycles. The normalized spacial score (nSPS) is 12.3. The van der Waals surface area contributed by atoms with Gasteiger partial charge in [0.15, 0.2) is 9.84 Å². The molecule has 148 valence electrons. The number of hydrogen-bond donors (Lipinski definition) is 0. The van der Waals surface area contributed by atoms with Gasteiger partial charge in [0, 0.05) is 11.6 Å². The molecule has 0 N–H and O–H groups in total. The molecule has 0 spiro atoms. The summed E-state index contributed by atoms with van der Waals surface area (Å²) in [5.74, 6) is -0.105. The first-order valence-electron chi connectivity index (χ1n) is 8.83. The smallest absolute Gasteiger partial charge is 0.215 e. The van der Waals surface area contributed by atoms with Gasteiger partial charge in [-0.1, -0.05) is 36.4 Å². The largest absolute Gasteiger partial charge is 0.256 e. The average molecular weight is 444 g/mol. The number of nitrogens with zero attached hydrogens (tertiary/aromatic N) is 1. The van der Waals surface area contributed by atoms with E-state index in [4.69, 9.17) is 0 Å². The van der Waals surface area contributed by atoms with Crippen LogP contribution in [0.4, 0.5) is 0 Å². The summed E-state index contributed by atoms with van der Waals surface area (Å²) >= 11 is 0.792. The van der Waals surface area contributed by atoms with Gasteiger partial charge in [0.05, 0.1) is 16.2 Å². The highest BCUT2D eigenvalue weighted by molar-refractivity contribution is 7.96. The van der Waals surface area contributed by atoms with Gasteiger partial charge in [0.25, 0.3) is 0 Å². The quantitative estimate of drug-likeness (QED) is 0.447. The van der Waals surface area contributed by atoms with Gasteiger partial charge in [-0.2, -0.15) is 0 Å². The molecule has 2 aromatic heterocycles. The van der Waals surface area contributed by atoms with E-state index in [-0.39, 0.29) is 19.1 Å². The van der Waals surface area contributed by atoms with Gasteiger partial charge < -0.3 is 0 Å². The second-order valence-electron chi connectivity index (χ2n) is 6.45. The Bertz CT molecular complexity index is 1370. The number of aromatic nitrogens is 1. The number of pyridine rings is 1. The minimum Gasteiger partial charge on any atom is -0.256 e. The predicted octanol–water partition coefficient (Wildman–Crippen LogP) is 4.15. The van der Waals surface area contributed by atoms with Crippen molar-refractivity contribution in [1.29, 1.82) is 0 Å². The van der Waals surface area contributed by atoms with Gasteiger partial charge in [0.2, 0.25) is 9.84 Å². The van der Waals surface area contributed by atoms with E-state index in [9.17, 15) is 16.8 Å². The van der Waals surface area contributed by atoms with Crippen LogP contribution in [0.5, 0.6) is 0 Å². The topological polar surface area (TPSA) is 81.2 Å². The summed E-state index contributed by atoms with van der Waals surface area (Å²) in [5.41, 5.74) is 1.71. The number of sulfone groups is 2. The Hall–Kier alpha value is -2.55. The Kier molecular flexibility index (Phi) is 5.24. The van der Waals surface area contributed by atoms with E-state index in [1.54, 1.807) is 24.4 Å². The molecular weight excluding hydrogens is 426 g/mol. The van der Waals surface area contributed by atoms with Gasteiger partial charge >= 0.3 is 0 Å². The lowest BCUT2D eigenvalue weighted by atomic mass is 10.1. The van der Waals surface area contributed by atoms with Crippen molar-refractivity contribution in [2.45, 2.75) is 19.7 Å². The molecule has 0 radical (unpaired) electrons. The zero-order chi connectivity index (χ0) is 20.5. The van der Waals surface area contributed by atoms with Crippen molar-refractivity contribution in [2.24, 2.45) is 0 Å². The highest BCUT2D eigenvalue weighted by Crippen LogP contribution is 2.31. The van der Waals surface area contributed by atoms with Crippen molar-refractivity contribution < 1.29 is 16.8 Å². The summed E-state index contributed by atoms with van der Waals surface area (Å²) in [6.07, 6.45) is 1.99. The number of hydrogen-bond acceptors (Lipinski definition) is 6. The van der Waals surface area contributed by atoms with E-state index >= 15 is 0 Å². The van der Waals surface area contributed by atoms with E-state index in [0.717, 1.165) is 27.8 Å². The minimum atomic E-state index is -3.73. The molecule has 0 aliphatic rings. The van der Waals surface area contributed by atoms with Crippen molar-refractivity contribution in [3.63, 3.8) is 0 Å². The maximum absolute atomic E-state index is 12.8. The lowest BCUT2D eigenvalue weighted by molar-refractivity contribution is 0.596. The lowest BCUT2D eigenvalue weighted by Gasteiger charge is -2.06. The number of aryl methyl sites for hydroxylation is 1. The molecule has 0 amide bonds. The number of para-hydroxylation sites is 1. The van der Waals surface area contributed by atoms with Crippen molar-refractivity contribution in [3.05, 3.63) is 84.6 Å². The highest BCUT2D eigenvalue weighted by atomic mass is 32.3. The Balaban J connectivity index is 1.59. The molecule has 4 rings (SSSR count). The van der Waals surface area contributed by atoms with Crippen molar-refractivity contribution in [3.8, 4) is 0 Å². The molecule has 0 aliphatic heterocycles. The Labute approximate surface area is 173 Å². The number of fused-ring (bicyclic) bond motifs is 1. The van der Waals surface area contributed by atoms with Crippen LogP contribution in [0.25, 0.3) is 10.9 Å². The molecular formula is C21H17NO4S3. The van der Waals surface area contributed by atoms with Gasteiger partial charge in [-0.05, 0) is 48.4 Å². The first-order valence-corrected chi connectivity index (χ1v) is 12.8. The summed E-state index contributed by atoms with van der Waals surface area (Å²) in [5, 5.41) is 0.920. The molecule has 0 fully saturated rings. The van der Waals surface area contributed by atoms with Gasteiger partial charge in [0.1, 0.15) is 8.42 Å². The molecule has 0 saturated heterocycles. The Morgan fingerprint density at radius 1 is 0.759 bits per heavy atom. The van der Waals surface area contributed by atoms with E-state index in [1.807, 2.05) is 30.3 Å². The molecule has 0 aliphatic carbocycles. The number of benzene rings is 2. The van der Waals surface area contributed by atoms with Crippen LogP contribution in [-0.2, 0) is 26.1 Å². The fourth-order valence-electron chi connectivity index (χ4n) is 3.05. The van der Waals surface area contributed by atoms with Gasteiger partial charge in [-0.3, -0.25) is 4.98 Å². The molecule has 0 atom stereocenters. The van der Waals surface area contributed by atoms with Gasteiger partial charge in [-0.25, -0.2) is 16.8 Å². The summed E-state index contributed by atoms with van der Waals surface area (Å²) in [7, 11) is -7.34. The molecule has 2 heterocycles. The Morgan fingerprint density at radius 3 is 2.24 bits per heavy atom.